The zero-order valence-corrected chi connectivity index (χ0v) is 23.5. The van der Waals surface area contributed by atoms with Crippen molar-refractivity contribution in [3.8, 4) is 0 Å². The molecule has 4 atom stereocenters. The van der Waals surface area contributed by atoms with Crippen LogP contribution in [0.1, 0.15) is 53.5 Å². The van der Waals surface area contributed by atoms with Gasteiger partial charge in [0.15, 0.2) is 0 Å². The molecule has 0 aliphatic carbocycles. The van der Waals surface area contributed by atoms with Crippen LogP contribution in [0, 0.1) is 17.8 Å². The number of nitrogens with one attached hydrogen (secondary N) is 4. The van der Waals surface area contributed by atoms with Crippen molar-refractivity contribution in [1.29, 1.82) is 0 Å². The predicted octanol–water partition coefficient (Wildman–Crippen LogP) is 0.998. The van der Waals surface area contributed by atoms with Gasteiger partial charge in [0.2, 0.25) is 29.5 Å². The molecule has 1 aliphatic heterocycles. The number of likely N-dealkylation sites (N-methyl/N-ethyl adjacent to an activating group) is 1. The molecule has 4 N–H and O–H groups in total. The van der Waals surface area contributed by atoms with Crippen molar-refractivity contribution in [2.45, 2.75) is 78.6 Å². The highest BCUT2D eigenvalue weighted by molar-refractivity contribution is 5.97. The molecule has 38 heavy (non-hydrogen) atoms. The average molecular weight is 530 g/mol. The Morgan fingerprint density at radius 2 is 1.26 bits per heavy atom. The minimum Gasteiger partial charge on any atom is -0.343 e. The summed E-state index contributed by atoms with van der Waals surface area (Å²) in [4.78, 5) is 67.5. The maximum Gasteiger partial charge on any atom is 0.245 e. The van der Waals surface area contributed by atoms with Gasteiger partial charge in [0.1, 0.15) is 24.2 Å². The summed E-state index contributed by atoms with van der Waals surface area (Å²) in [5.41, 5.74) is 0.832. The highest BCUT2D eigenvalue weighted by Crippen LogP contribution is 2.12. The summed E-state index contributed by atoms with van der Waals surface area (Å²) >= 11 is 0. The van der Waals surface area contributed by atoms with Crippen LogP contribution in [0.5, 0.6) is 0 Å². The quantitative estimate of drug-likeness (QED) is 0.436. The predicted molar refractivity (Wildman–Crippen MR) is 145 cm³/mol. The van der Waals surface area contributed by atoms with Crippen molar-refractivity contribution < 1.29 is 24.0 Å². The van der Waals surface area contributed by atoms with Crippen LogP contribution in [0.4, 0.5) is 0 Å². The number of benzene rings is 1. The number of carbonyl (C=O) groups excluding carboxylic acids is 5. The van der Waals surface area contributed by atoms with E-state index in [9.17, 15) is 24.0 Å². The lowest BCUT2D eigenvalue weighted by molar-refractivity contribution is -0.139. The normalized spacial score (nSPS) is 24.5. The molecule has 1 heterocycles. The van der Waals surface area contributed by atoms with Gasteiger partial charge in [0.25, 0.3) is 0 Å². The highest BCUT2D eigenvalue weighted by Gasteiger charge is 2.35. The van der Waals surface area contributed by atoms with Crippen LogP contribution in [0.15, 0.2) is 30.3 Å². The molecule has 1 fully saturated rings. The van der Waals surface area contributed by atoms with Gasteiger partial charge in [-0.05, 0) is 29.7 Å². The second kappa shape index (κ2) is 13.9. The molecule has 0 radical (unpaired) electrons. The summed E-state index contributed by atoms with van der Waals surface area (Å²) in [5.74, 6) is -2.95. The third-order valence-corrected chi connectivity index (χ3v) is 6.51. The summed E-state index contributed by atoms with van der Waals surface area (Å²) in [6.07, 6.45) is 0.563. The van der Waals surface area contributed by atoms with Crippen molar-refractivity contribution in [1.82, 2.24) is 26.2 Å². The maximum atomic E-state index is 13.4. The van der Waals surface area contributed by atoms with E-state index in [-0.39, 0.29) is 30.7 Å². The van der Waals surface area contributed by atoms with E-state index in [2.05, 4.69) is 21.3 Å². The van der Waals surface area contributed by atoms with Crippen LogP contribution in [0.25, 0.3) is 0 Å². The largest absolute Gasteiger partial charge is 0.343 e. The van der Waals surface area contributed by atoms with Crippen molar-refractivity contribution in [3.05, 3.63) is 35.9 Å². The number of rotatable bonds is 6. The van der Waals surface area contributed by atoms with E-state index in [1.54, 1.807) is 27.7 Å². The van der Waals surface area contributed by atoms with Gasteiger partial charge in [-0.15, -0.1) is 0 Å². The Morgan fingerprint density at radius 3 is 1.79 bits per heavy atom. The zero-order chi connectivity index (χ0) is 28.6. The number of nitrogens with zero attached hydrogens (tertiary/aromatic N) is 1. The van der Waals surface area contributed by atoms with Crippen molar-refractivity contribution in [3.63, 3.8) is 0 Å². The molecule has 10 heteroatoms. The molecule has 0 bridgehead atoms. The first-order chi connectivity index (χ1) is 17.8. The number of hydrogen-bond acceptors (Lipinski definition) is 5. The molecule has 1 aromatic rings. The van der Waals surface area contributed by atoms with Gasteiger partial charge in [-0.1, -0.05) is 71.9 Å². The molecule has 1 aromatic carbocycles. The summed E-state index contributed by atoms with van der Waals surface area (Å²) in [6.45, 7) is 10.7. The van der Waals surface area contributed by atoms with Crippen LogP contribution in [-0.4, -0.2) is 72.2 Å². The standard InChI is InChI=1S/C28H43N5O5/c1-16(2)13-20-25(35)31-24(18(5)6)27(37)32-23(17(3)4)26(36)30-21(14-19-11-9-8-10-12-19)28(38)33(7)15-22(34)29-20/h8-12,16-18,20-21,23-24H,13-15H2,1-7H3,(H,29,34)(H,30,36)(H,31,35)(H,32,37)/t20-,21-,23-,24+/m0/s1. The van der Waals surface area contributed by atoms with Gasteiger partial charge in [-0.2, -0.15) is 0 Å². The van der Waals surface area contributed by atoms with Crippen LogP contribution < -0.4 is 21.3 Å². The lowest BCUT2D eigenvalue weighted by atomic mass is 9.97. The Morgan fingerprint density at radius 1 is 0.737 bits per heavy atom. The van der Waals surface area contributed by atoms with Gasteiger partial charge < -0.3 is 26.2 Å². The third-order valence-electron chi connectivity index (χ3n) is 6.51. The Bertz CT molecular complexity index is 995. The van der Waals surface area contributed by atoms with E-state index < -0.39 is 53.7 Å². The summed E-state index contributed by atoms with van der Waals surface area (Å²) < 4.78 is 0. The smallest absolute Gasteiger partial charge is 0.245 e. The van der Waals surface area contributed by atoms with Crippen LogP contribution in [0.2, 0.25) is 0 Å². The van der Waals surface area contributed by atoms with Crippen molar-refractivity contribution in [2.24, 2.45) is 17.8 Å². The fourth-order valence-corrected chi connectivity index (χ4v) is 4.38. The third kappa shape index (κ3) is 8.85. The van der Waals surface area contributed by atoms with Crippen molar-refractivity contribution in [2.75, 3.05) is 13.6 Å². The summed E-state index contributed by atoms with van der Waals surface area (Å²) in [5, 5.41) is 11.1. The zero-order valence-electron chi connectivity index (χ0n) is 23.5. The van der Waals surface area contributed by atoms with Gasteiger partial charge in [-0.25, -0.2) is 0 Å². The lowest BCUT2D eigenvalue weighted by Crippen LogP contribution is -2.60. The summed E-state index contributed by atoms with van der Waals surface area (Å²) in [6, 6.07) is 5.54. The first-order valence-electron chi connectivity index (χ1n) is 13.3. The number of amides is 5. The van der Waals surface area contributed by atoms with Crippen LogP contribution in [-0.2, 0) is 30.4 Å². The fourth-order valence-electron chi connectivity index (χ4n) is 4.38. The van der Waals surface area contributed by atoms with Crippen molar-refractivity contribution >= 4 is 29.5 Å². The van der Waals surface area contributed by atoms with E-state index in [0.29, 0.717) is 6.42 Å². The molecule has 1 aliphatic rings. The maximum absolute atomic E-state index is 13.4. The first kappa shape index (κ1) is 30.8. The molecule has 0 aromatic heterocycles. The van der Waals surface area contributed by atoms with E-state index in [0.717, 1.165) is 5.56 Å². The van der Waals surface area contributed by atoms with Gasteiger partial charge >= 0.3 is 0 Å². The number of carbonyl (C=O) groups is 5. The molecule has 0 unspecified atom stereocenters. The van der Waals surface area contributed by atoms with Crippen LogP contribution >= 0.6 is 0 Å². The molecular weight excluding hydrogens is 486 g/mol. The topological polar surface area (TPSA) is 137 Å². The minimum absolute atomic E-state index is 0.0845. The first-order valence-corrected chi connectivity index (χ1v) is 13.3. The highest BCUT2D eigenvalue weighted by atomic mass is 16.2. The Labute approximate surface area is 225 Å². The molecule has 1 saturated heterocycles. The van der Waals surface area contributed by atoms with E-state index in [1.807, 2.05) is 44.2 Å². The SMILES string of the molecule is CC(C)C[C@@H]1NC(=O)CN(C)C(=O)[C@H](Cc2ccccc2)NC(=O)[C@H](C(C)C)NC(=O)[C@@H](C(C)C)NC1=O. The molecule has 10 nitrogen and oxygen atoms in total. The van der Waals surface area contributed by atoms with Gasteiger partial charge in [-0.3, -0.25) is 24.0 Å². The molecule has 210 valence electrons. The Kier molecular flexibility index (Phi) is 11.3. The molecule has 5 amide bonds. The second-order valence-electron chi connectivity index (χ2n) is 11.2. The minimum atomic E-state index is -0.960. The molecule has 2 rings (SSSR count). The number of hydrogen-bond donors (Lipinski definition) is 4. The molecular formula is C28H43N5O5. The monoisotopic (exact) mass is 529 g/mol. The Hall–Kier alpha value is -3.43. The van der Waals surface area contributed by atoms with E-state index in [1.165, 1.54) is 11.9 Å². The Balaban J connectivity index is 2.49. The van der Waals surface area contributed by atoms with Gasteiger partial charge in [0, 0.05) is 13.5 Å². The summed E-state index contributed by atoms with van der Waals surface area (Å²) in [7, 11) is 1.48. The molecule has 0 saturated carbocycles. The van der Waals surface area contributed by atoms with E-state index in [4.69, 9.17) is 0 Å². The molecule has 0 spiro atoms. The second-order valence-corrected chi connectivity index (χ2v) is 11.2. The van der Waals surface area contributed by atoms with E-state index >= 15 is 0 Å². The van der Waals surface area contributed by atoms with Crippen LogP contribution in [0.3, 0.4) is 0 Å². The average Bonchev–Trinajstić information content (AvgIpc) is 2.83. The lowest BCUT2D eigenvalue weighted by Gasteiger charge is -2.29. The fraction of sp³-hybridized carbons (Fsp3) is 0.607. The van der Waals surface area contributed by atoms with Gasteiger partial charge in [0.05, 0.1) is 6.54 Å².